The molecule has 10 heteroatoms. The minimum atomic E-state index is 0.520. The van der Waals surface area contributed by atoms with Gasteiger partial charge in [0.05, 0.1) is 0 Å². The molecule has 4 rings (SSSR count). The van der Waals surface area contributed by atoms with Gasteiger partial charge in [0.2, 0.25) is 0 Å². The van der Waals surface area contributed by atoms with Gasteiger partial charge in [0, 0.05) is 18.0 Å². The largest absolute Gasteiger partial charge is 0.306 e. The number of aromatic amines is 2. The third kappa shape index (κ3) is 1.54. The van der Waals surface area contributed by atoms with Crippen molar-refractivity contribution in [3.63, 3.8) is 0 Å². The highest BCUT2D eigenvalue weighted by Gasteiger charge is 2.09. The summed E-state index contributed by atoms with van der Waals surface area (Å²) in [7, 11) is 0. The van der Waals surface area contributed by atoms with Gasteiger partial charge in [-0.2, -0.15) is 0 Å². The SMILES string of the molecule is c1cn2cc(-c3nnn[nH]3)nc2cc1-c1nnn[nH]1. The van der Waals surface area contributed by atoms with Crippen LogP contribution >= 0.6 is 0 Å². The van der Waals surface area contributed by atoms with Crippen LogP contribution in [0.25, 0.3) is 28.6 Å². The zero-order valence-corrected chi connectivity index (χ0v) is 9.39. The van der Waals surface area contributed by atoms with Crippen LogP contribution in [-0.4, -0.2) is 50.6 Å². The Hall–Kier alpha value is -3.17. The van der Waals surface area contributed by atoms with Crippen LogP contribution in [0.2, 0.25) is 0 Å². The van der Waals surface area contributed by atoms with Crippen LogP contribution < -0.4 is 0 Å². The molecular weight excluding hydrogens is 248 g/mol. The van der Waals surface area contributed by atoms with Crippen molar-refractivity contribution in [2.45, 2.75) is 0 Å². The first-order chi connectivity index (χ1) is 9.40. The summed E-state index contributed by atoms with van der Waals surface area (Å²) in [6.45, 7) is 0. The molecule has 0 atom stereocenters. The number of aromatic nitrogens is 10. The Bertz CT molecular complexity index is 780. The molecule has 0 spiro atoms. The van der Waals surface area contributed by atoms with Crippen LogP contribution in [0.15, 0.2) is 24.5 Å². The van der Waals surface area contributed by atoms with Gasteiger partial charge in [-0.3, -0.25) is 0 Å². The summed E-state index contributed by atoms with van der Waals surface area (Å²) in [5.74, 6) is 1.11. The van der Waals surface area contributed by atoms with Crippen molar-refractivity contribution in [2.75, 3.05) is 0 Å². The quantitative estimate of drug-likeness (QED) is 0.502. The first-order valence-electron chi connectivity index (χ1n) is 5.37. The molecule has 0 unspecified atom stereocenters. The Balaban J connectivity index is 1.86. The Labute approximate surface area is 104 Å². The van der Waals surface area contributed by atoms with E-state index in [0.717, 1.165) is 11.2 Å². The number of rotatable bonds is 2. The Morgan fingerprint density at radius 1 is 1.00 bits per heavy atom. The van der Waals surface area contributed by atoms with E-state index in [9.17, 15) is 0 Å². The summed E-state index contributed by atoms with van der Waals surface area (Å²) in [5, 5.41) is 27.2. The van der Waals surface area contributed by atoms with Gasteiger partial charge in [0.25, 0.3) is 0 Å². The molecule has 0 aliphatic carbocycles. The van der Waals surface area contributed by atoms with Crippen LogP contribution in [0.3, 0.4) is 0 Å². The van der Waals surface area contributed by atoms with Gasteiger partial charge >= 0.3 is 0 Å². The number of H-pyrrole nitrogens is 2. The Kier molecular flexibility index (Phi) is 1.89. The first kappa shape index (κ1) is 9.82. The monoisotopic (exact) mass is 254 g/mol. The summed E-state index contributed by atoms with van der Waals surface area (Å²) in [6, 6.07) is 3.76. The van der Waals surface area contributed by atoms with Gasteiger partial charge in [-0.15, -0.1) is 10.2 Å². The molecule has 19 heavy (non-hydrogen) atoms. The fourth-order valence-electron chi connectivity index (χ4n) is 1.79. The van der Waals surface area contributed by atoms with E-state index in [1.165, 1.54) is 0 Å². The maximum absolute atomic E-state index is 4.43. The maximum Gasteiger partial charge on any atom is 0.199 e. The zero-order chi connectivity index (χ0) is 12.7. The maximum atomic E-state index is 4.43. The van der Waals surface area contributed by atoms with E-state index in [2.05, 4.69) is 46.2 Å². The third-order valence-corrected chi connectivity index (χ3v) is 2.67. The number of fused-ring (bicyclic) bond motifs is 1. The van der Waals surface area contributed by atoms with Crippen molar-refractivity contribution < 1.29 is 0 Å². The van der Waals surface area contributed by atoms with E-state index < -0.39 is 0 Å². The average Bonchev–Trinajstić information content (AvgIpc) is 3.18. The second kappa shape index (κ2) is 3.66. The predicted molar refractivity (Wildman–Crippen MR) is 61.5 cm³/mol. The summed E-state index contributed by atoms with van der Waals surface area (Å²) < 4.78 is 1.87. The van der Waals surface area contributed by atoms with Crippen LogP contribution in [0.1, 0.15) is 0 Å². The fraction of sp³-hybridized carbons (Fsp3) is 0. The molecule has 10 nitrogen and oxygen atoms in total. The molecule has 92 valence electrons. The van der Waals surface area contributed by atoms with Gasteiger partial charge < -0.3 is 4.40 Å². The van der Waals surface area contributed by atoms with Crippen molar-refractivity contribution in [2.24, 2.45) is 0 Å². The minimum absolute atomic E-state index is 0.520. The lowest BCUT2D eigenvalue weighted by atomic mass is 10.2. The topological polar surface area (TPSA) is 126 Å². The van der Waals surface area contributed by atoms with Crippen LogP contribution in [0, 0.1) is 0 Å². The summed E-state index contributed by atoms with van der Waals surface area (Å²) >= 11 is 0. The molecule has 4 aromatic rings. The molecule has 4 aromatic heterocycles. The van der Waals surface area contributed by atoms with E-state index >= 15 is 0 Å². The number of hydrogen-bond donors (Lipinski definition) is 2. The van der Waals surface area contributed by atoms with Crippen molar-refractivity contribution in [3.8, 4) is 22.9 Å². The number of pyridine rings is 1. The van der Waals surface area contributed by atoms with E-state index in [1.54, 1.807) is 0 Å². The second-order valence-electron chi connectivity index (χ2n) is 3.81. The van der Waals surface area contributed by atoms with Crippen LogP contribution in [0.4, 0.5) is 0 Å². The minimum Gasteiger partial charge on any atom is -0.306 e. The highest BCUT2D eigenvalue weighted by Crippen LogP contribution is 2.18. The van der Waals surface area contributed by atoms with Crippen LogP contribution in [-0.2, 0) is 0 Å². The zero-order valence-electron chi connectivity index (χ0n) is 9.39. The summed E-state index contributed by atoms with van der Waals surface area (Å²) in [4.78, 5) is 4.43. The van der Waals surface area contributed by atoms with Gasteiger partial charge in [0.1, 0.15) is 11.3 Å². The highest BCUT2D eigenvalue weighted by molar-refractivity contribution is 5.63. The molecule has 0 fully saturated rings. The lowest BCUT2D eigenvalue weighted by Gasteiger charge is -1.96. The van der Waals surface area contributed by atoms with Crippen molar-refractivity contribution >= 4 is 5.65 Å². The average molecular weight is 254 g/mol. The number of hydrogen-bond acceptors (Lipinski definition) is 7. The second-order valence-corrected chi connectivity index (χ2v) is 3.81. The number of tetrazole rings is 2. The summed E-state index contributed by atoms with van der Waals surface area (Å²) in [6.07, 6.45) is 3.70. The van der Waals surface area contributed by atoms with E-state index in [0.29, 0.717) is 17.3 Å². The van der Waals surface area contributed by atoms with Crippen molar-refractivity contribution in [1.29, 1.82) is 0 Å². The molecule has 0 bridgehead atoms. The van der Waals surface area contributed by atoms with E-state index in [1.807, 2.05) is 28.9 Å². The molecule has 0 saturated carbocycles. The highest BCUT2D eigenvalue weighted by atomic mass is 15.5. The molecule has 0 amide bonds. The lowest BCUT2D eigenvalue weighted by molar-refractivity contribution is 0.881. The predicted octanol–water partition coefficient (Wildman–Crippen LogP) is -0.306. The molecule has 0 aromatic carbocycles. The van der Waals surface area contributed by atoms with E-state index in [-0.39, 0.29) is 0 Å². The van der Waals surface area contributed by atoms with Gasteiger partial charge in [-0.25, -0.2) is 15.2 Å². The van der Waals surface area contributed by atoms with Gasteiger partial charge in [-0.05, 0) is 33.0 Å². The molecule has 0 aliphatic rings. The van der Waals surface area contributed by atoms with Crippen molar-refractivity contribution in [3.05, 3.63) is 24.5 Å². The smallest absolute Gasteiger partial charge is 0.199 e. The molecule has 2 N–H and O–H groups in total. The molecule has 0 radical (unpaired) electrons. The fourth-order valence-corrected chi connectivity index (χ4v) is 1.79. The third-order valence-electron chi connectivity index (χ3n) is 2.67. The number of nitrogens with one attached hydrogen (secondary N) is 2. The standard InChI is InChI=1S/C9H6N10/c1-2-19-4-6(9-13-17-18-14-9)10-7(19)3-5(1)8-11-15-16-12-8/h1-4H,(H,11,12,15,16)(H,13,14,17,18). The first-order valence-corrected chi connectivity index (χ1v) is 5.37. The van der Waals surface area contributed by atoms with Gasteiger partial charge in [-0.1, -0.05) is 0 Å². The number of nitrogens with zero attached hydrogens (tertiary/aromatic N) is 8. The normalized spacial score (nSPS) is 11.2. The van der Waals surface area contributed by atoms with E-state index in [4.69, 9.17) is 0 Å². The van der Waals surface area contributed by atoms with Crippen LogP contribution in [0.5, 0.6) is 0 Å². The molecular formula is C9H6N10. The molecule has 4 heterocycles. The van der Waals surface area contributed by atoms with Crippen molar-refractivity contribution in [1.82, 2.24) is 50.6 Å². The molecule has 0 aliphatic heterocycles. The lowest BCUT2D eigenvalue weighted by Crippen LogP contribution is -1.86. The summed E-state index contributed by atoms with van der Waals surface area (Å²) in [5.41, 5.74) is 2.27. The molecule has 0 saturated heterocycles. The Morgan fingerprint density at radius 2 is 1.79 bits per heavy atom. The number of imidazole rings is 1. The van der Waals surface area contributed by atoms with Gasteiger partial charge in [0.15, 0.2) is 11.6 Å². The Morgan fingerprint density at radius 3 is 2.53 bits per heavy atom.